The summed E-state index contributed by atoms with van der Waals surface area (Å²) < 4.78 is 0. The zero-order valence-electron chi connectivity index (χ0n) is 9.95. The summed E-state index contributed by atoms with van der Waals surface area (Å²) in [5.41, 5.74) is 0. The van der Waals surface area contributed by atoms with E-state index in [1.165, 1.54) is 4.88 Å². The highest BCUT2D eigenvalue weighted by Gasteiger charge is 2.13. The van der Waals surface area contributed by atoms with Crippen LogP contribution in [0.2, 0.25) is 0 Å². The summed E-state index contributed by atoms with van der Waals surface area (Å²) in [6, 6.07) is 4.29. The van der Waals surface area contributed by atoms with Crippen molar-refractivity contribution in [3.8, 4) is 0 Å². The van der Waals surface area contributed by atoms with E-state index in [9.17, 15) is 4.79 Å². The van der Waals surface area contributed by atoms with Gasteiger partial charge in [0, 0.05) is 4.88 Å². The zero-order valence-corrected chi connectivity index (χ0v) is 10.8. The minimum absolute atomic E-state index is 0.0775. The average Bonchev–Trinajstić information content (AvgIpc) is 2.79. The number of hydrogen-bond acceptors (Lipinski definition) is 3. The molecule has 2 N–H and O–H groups in total. The van der Waals surface area contributed by atoms with Crippen LogP contribution in [0.4, 0.5) is 0 Å². The number of amides is 1. The Morgan fingerprint density at radius 3 is 2.88 bits per heavy atom. The highest BCUT2D eigenvalue weighted by Crippen LogP contribution is 2.22. The first-order chi connectivity index (χ1) is 7.77. The number of hydrogen-bond donors (Lipinski definition) is 2. The van der Waals surface area contributed by atoms with Crippen LogP contribution in [0.25, 0.3) is 0 Å². The Hall–Kier alpha value is -0.870. The summed E-state index contributed by atoms with van der Waals surface area (Å²) in [7, 11) is 0. The smallest absolute Gasteiger partial charge is 0.234 e. The van der Waals surface area contributed by atoms with E-state index in [0.29, 0.717) is 6.54 Å². The Labute approximate surface area is 101 Å². The predicted molar refractivity (Wildman–Crippen MR) is 68.7 cm³/mol. The first-order valence-corrected chi connectivity index (χ1v) is 6.69. The van der Waals surface area contributed by atoms with Gasteiger partial charge in [0.2, 0.25) is 5.91 Å². The van der Waals surface area contributed by atoms with E-state index < -0.39 is 0 Å². The molecule has 0 bridgehead atoms. The Morgan fingerprint density at radius 1 is 1.50 bits per heavy atom. The molecule has 1 unspecified atom stereocenters. The third-order valence-corrected chi connectivity index (χ3v) is 3.32. The molecule has 3 nitrogen and oxygen atoms in total. The Bertz CT molecular complexity index is 298. The number of thiophene rings is 1. The lowest BCUT2D eigenvalue weighted by molar-refractivity contribution is -0.121. The van der Waals surface area contributed by atoms with Crippen molar-refractivity contribution in [2.24, 2.45) is 0 Å². The van der Waals surface area contributed by atoms with E-state index in [0.717, 1.165) is 19.4 Å². The molecule has 0 aliphatic carbocycles. The molecule has 0 spiro atoms. The fourth-order valence-electron chi connectivity index (χ4n) is 1.55. The van der Waals surface area contributed by atoms with Crippen molar-refractivity contribution in [1.82, 2.24) is 10.6 Å². The molecule has 1 aromatic heterocycles. The van der Waals surface area contributed by atoms with E-state index in [1.807, 2.05) is 13.0 Å². The second-order valence-corrected chi connectivity index (χ2v) is 4.68. The van der Waals surface area contributed by atoms with Gasteiger partial charge in [-0.25, -0.2) is 0 Å². The Balaban J connectivity index is 2.48. The number of nitrogens with one attached hydrogen (secondary N) is 2. The molecular weight excluding hydrogens is 220 g/mol. The zero-order chi connectivity index (χ0) is 11.8. The van der Waals surface area contributed by atoms with Gasteiger partial charge in [0.15, 0.2) is 0 Å². The molecule has 1 heterocycles. The monoisotopic (exact) mass is 240 g/mol. The lowest BCUT2D eigenvalue weighted by atomic mass is 10.1. The van der Waals surface area contributed by atoms with E-state index in [4.69, 9.17) is 0 Å². The van der Waals surface area contributed by atoms with Crippen molar-refractivity contribution >= 4 is 17.2 Å². The lowest BCUT2D eigenvalue weighted by Crippen LogP contribution is -2.36. The Morgan fingerprint density at radius 2 is 2.31 bits per heavy atom. The van der Waals surface area contributed by atoms with Crippen molar-refractivity contribution in [2.75, 3.05) is 13.1 Å². The van der Waals surface area contributed by atoms with Crippen LogP contribution in [-0.4, -0.2) is 19.0 Å². The van der Waals surface area contributed by atoms with Gasteiger partial charge in [0.05, 0.1) is 12.6 Å². The molecule has 1 amide bonds. The summed E-state index contributed by atoms with van der Waals surface area (Å²) in [5, 5.41) is 8.15. The topological polar surface area (TPSA) is 41.1 Å². The van der Waals surface area contributed by atoms with E-state index in [-0.39, 0.29) is 11.9 Å². The van der Waals surface area contributed by atoms with Gasteiger partial charge in [0.1, 0.15) is 0 Å². The maximum absolute atomic E-state index is 11.6. The van der Waals surface area contributed by atoms with Crippen molar-refractivity contribution in [1.29, 1.82) is 0 Å². The maximum Gasteiger partial charge on any atom is 0.234 e. The molecule has 1 atom stereocenters. The van der Waals surface area contributed by atoms with Crippen molar-refractivity contribution in [3.05, 3.63) is 22.4 Å². The minimum Gasteiger partial charge on any atom is -0.347 e. The lowest BCUT2D eigenvalue weighted by Gasteiger charge is -2.16. The first kappa shape index (κ1) is 13.2. The number of carbonyl (C=O) groups excluding carboxylic acids is 1. The summed E-state index contributed by atoms with van der Waals surface area (Å²) in [4.78, 5) is 12.9. The van der Waals surface area contributed by atoms with Crippen LogP contribution in [-0.2, 0) is 4.79 Å². The summed E-state index contributed by atoms with van der Waals surface area (Å²) in [6.07, 6.45) is 2.07. The Kier molecular flexibility index (Phi) is 6.11. The van der Waals surface area contributed by atoms with Gasteiger partial charge in [-0.15, -0.1) is 11.3 Å². The van der Waals surface area contributed by atoms with E-state index >= 15 is 0 Å². The molecule has 0 aliphatic rings. The van der Waals surface area contributed by atoms with Crippen molar-refractivity contribution < 1.29 is 4.79 Å². The maximum atomic E-state index is 11.6. The summed E-state index contributed by atoms with van der Waals surface area (Å²) >= 11 is 1.70. The number of likely N-dealkylation sites (N-methyl/N-ethyl adjacent to an activating group) is 1. The van der Waals surface area contributed by atoms with Crippen LogP contribution in [0, 0.1) is 0 Å². The largest absolute Gasteiger partial charge is 0.347 e. The molecule has 0 aliphatic heterocycles. The first-order valence-electron chi connectivity index (χ1n) is 5.81. The van der Waals surface area contributed by atoms with Gasteiger partial charge in [0.25, 0.3) is 0 Å². The third-order valence-electron chi connectivity index (χ3n) is 2.33. The third kappa shape index (κ3) is 4.33. The van der Waals surface area contributed by atoms with Gasteiger partial charge in [-0.1, -0.05) is 26.3 Å². The van der Waals surface area contributed by atoms with Crippen LogP contribution in [0.5, 0.6) is 0 Å². The molecule has 4 heteroatoms. The molecule has 16 heavy (non-hydrogen) atoms. The minimum atomic E-state index is 0.0775. The van der Waals surface area contributed by atoms with E-state index in [2.05, 4.69) is 29.0 Å². The summed E-state index contributed by atoms with van der Waals surface area (Å²) in [6.45, 7) is 5.36. The quantitative estimate of drug-likeness (QED) is 0.768. The molecule has 1 aromatic rings. The van der Waals surface area contributed by atoms with Crippen LogP contribution >= 0.6 is 11.3 Å². The fourth-order valence-corrected chi connectivity index (χ4v) is 2.36. The SMILES string of the molecule is CCCC(NC(=O)CNCC)c1cccs1. The average molecular weight is 240 g/mol. The molecule has 0 aromatic carbocycles. The van der Waals surface area contributed by atoms with Crippen molar-refractivity contribution in [3.63, 3.8) is 0 Å². The molecule has 90 valence electrons. The van der Waals surface area contributed by atoms with Gasteiger partial charge in [-0.2, -0.15) is 0 Å². The molecule has 0 saturated carbocycles. The van der Waals surface area contributed by atoms with Crippen LogP contribution in [0.15, 0.2) is 17.5 Å². The second-order valence-electron chi connectivity index (χ2n) is 3.70. The van der Waals surface area contributed by atoms with Gasteiger partial charge < -0.3 is 10.6 Å². The normalized spacial score (nSPS) is 12.4. The molecule has 1 rings (SSSR count). The summed E-state index contributed by atoms with van der Waals surface area (Å²) in [5.74, 6) is 0.0775. The van der Waals surface area contributed by atoms with Crippen LogP contribution in [0.1, 0.15) is 37.6 Å². The highest BCUT2D eigenvalue weighted by atomic mass is 32.1. The molecule has 0 radical (unpaired) electrons. The van der Waals surface area contributed by atoms with Gasteiger partial charge in [-0.05, 0) is 24.4 Å². The highest BCUT2D eigenvalue weighted by molar-refractivity contribution is 7.10. The van der Waals surface area contributed by atoms with Gasteiger partial charge >= 0.3 is 0 Å². The van der Waals surface area contributed by atoms with Crippen LogP contribution < -0.4 is 10.6 Å². The number of rotatable bonds is 7. The number of carbonyl (C=O) groups is 1. The predicted octanol–water partition coefficient (Wildman–Crippen LogP) is 2.32. The standard InChI is InChI=1S/C12H20N2OS/c1-3-6-10(11-7-5-8-16-11)14-12(15)9-13-4-2/h5,7-8,10,13H,3-4,6,9H2,1-2H3,(H,14,15). The molecule has 0 fully saturated rings. The van der Waals surface area contributed by atoms with E-state index in [1.54, 1.807) is 11.3 Å². The molecular formula is C12H20N2OS. The fraction of sp³-hybridized carbons (Fsp3) is 0.583. The van der Waals surface area contributed by atoms with Crippen LogP contribution in [0.3, 0.4) is 0 Å². The van der Waals surface area contributed by atoms with Crippen molar-refractivity contribution in [2.45, 2.75) is 32.7 Å². The second kappa shape index (κ2) is 7.41. The van der Waals surface area contributed by atoms with Gasteiger partial charge in [-0.3, -0.25) is 4.79 Å². The molecule has 0 saturated heterocycles.